The number of rotatable bonds is 6. The molecule has 2 aromatic carbocycles. The van der Waals surface area contributed by atoms with E-state index in [1.54, 1.807) is 31.2 Å². The molecule has 1 saturated heterocycles. The normalized spacial score (nSPS) is 14.7. The molecule has 0 saturated carbocycles. The molecule has 1 fully saturated rings. The van der Waals surface area contributed by atoms with Crippen LogP contribution in [0.2, 0.25) is 0 Å². The van der Waals surface area contributed by atoms with Crippen LogP contribution in [0.5, 0.6) is 11.5 Å². The van der Waals surface area contributed by atoms with Gasteiger partial charge in [-0.3, -0.25) is 15.0 Å². The number of carbonyl (C=O) groups is 3. The Bertz CT molecular complexity index is 1030. The van der Waals surface area contributed by atoms with E-state index in [9.17, 15) is 14.4 Å². The number of nitrogens with zero attached hydrogens (tertiary/aromatic N) is 1. The first-order valence-electron chi connectivity index (χ1n) is 8.95. The SMILES string of the molecule is CCOC(=O)c1ccc(N2NC(=O)C(=Cc3cc(OC)c(OC)cc3Br)C2=O)cc1. The molecule has 0 aliphatic carbocycles. The fourth-order valence-electron chi connectivity index (χ4n) is 2.84. The van der Waals surface area contributed by atoms with Gasteiger partial charge in [0.05, 0.1) is 32.1 Å². The highest BCUT2D eigenvalue weighted by molar-refractivity contribution is 9.10. The summed E-state index contributed by atoms with van der Waals surface area (Å²) in [5.74, 6) is -0.552. The lowest BCUT2D eigenvalue weighted by Gasteiger charge is -2.15. The average molecular weight is 475 g/mol. The topological polar surface area (TPSA) is 94.2 Å². The van der Waals surface area contributed by atoms with Gasteiger partial charge in [-0.05, 0) is 55.0 Å². The number of halogens is 1. The molecule has 0 unspecified atom stereocenters. The summed E-state index contributed by atoms with van der Waals surface area (Å²) in [4.78, 5) is 37.1. The van der Waals surface area contributed by atoms with Gasteiger partial charge in [0, 0.05) is 4.47 Å². The average Bonchev–Trinajstić information content (AvgIpc) is 3.03. The summed E-state index contributed by atoms with van der Waals surface area (Å²) in [6.07, 6.45) is 1.47. The van der Waals surface area contributed by atoms with Crippen LogP contribution in [0.15, 0.2) is 46.4 Å². The summed E-state index contributed by atoms with van der Waals surface area (Å²) >= 11 is 3.41. The molecule has 8 nitrogen and oxygen atoms in total. The maximum Gasteiger partial charge on any atom is 0.338 e. The largest absolute Gasteiger partial charge is 0.493 e. The Labute approximate surface area is 181 Å². The Morgan fingerprint density at radius 2 is 1.73 bits per heavy atom. The highest BCUT2D eigenvalue weighted by Crippen LogP contribution is 2.35. The Morgan fingerprint density at radius 1 is 1.10 bits per heavy atom. The monoisotopic (exact) mass is 474 g/mol. The first-order chi connectivity index (χ1) is 14.4. The molecule has 2 aromatic rings. The van der Waals surface area contributed by atoms with Crippen molar-refractivity contribution in [2.24, 2.45) is 0 Å². The molecule has 9 heteroatoms. The zero-order valence-electron chi connectivity index (χ0n) is 16.5. The van der Waals surface area contributed by atoms with E-state index in [4.69, 9.17) is 14.2 Å². The number of hydrogen-bond donors (Lipinski definition) is 1. The zero-order chi connectivity index (χ0) is 21.8. The molecule has 1 aliphatic heterocycles. The van der Waals surface area contributed by atoms with Crippen LogP contribution >= 0.6 is 15.9 Å². The van der Waals surface area contributed by atoms with Crippen molar-refractivity contribution in [3.63, 3.8) is 0 Å². The first-order valence-corrected chi connectivity index (χ1v) is 9.74. The van der Waals surface area contributed by atoms with Crippen molar-refractivity contribution in [2.45, 2.75) is 6.92 Å². The minimum atomic E-state index is -0.545. The molecule has 156 valence electrons. The number of carbonyl (C=O) groups excluding carboxylic acids is 3. The minimum Gasteiger partial charge on any atom is -0.493 e. The van der Waals surface area contributed by atoms with Crippen LogP contribution in [0.1, 0.15) is 22.8 Å². The Kier molecular flexibility index (Phi) is 6.41. The lowest BCUT2D eigenvalue weighted by Crippen LogP contribution is -2.35. The van der Waals surface area contributed by atoms with Crippen molar-refractivity contribution in [3.05, 3.63) is 57.6 Å². The van der Waals surface area contributed by atoms with Gasteiger partial charge in [0.1, 0.15) is 5.57 Å². The van der Waals surface area contributed by atoms with E-state index in [2.05, 4.69) is 21.4 Å². The van der Waals surface area contributed by atoms with Crippen LogP contribution in [0.25, 0.3) is 6.08 Å². The number of benzene rings is 2. The fraction of sp³-hybridized carbons (Fsp3) is 0.190. The predicted molar refractivity (Wildman–Crippen MR) is 113 cm³/mol. The number of hydrogen-bond acceptors (Lipinski definition) is 6. The lowest BCUT2D eigenvalue weighted by molar-refractivity contribution is -0.117. The van der Waals surface area contributed by atoms with Crippen molar-refractivity contribution in [1.82, 2.24) is 5.43 Å². The summed E-state index contributed by atoms with van der Waals surface area (Å²) in [5.41, 5.74) is 3.82. The van der Waals surface area contributed by atoms with Crippen LogP contribution in [0.3, 0.4) is 0 Å². The standard InChI is InChI=1S/C21H19BrN2O6/c1-4-30-21(27)12-5-7-14(8-6-12)24-20(26)15(19(25)23-24)9-13-10-17(28-2)18(29-3)11-16(13)22/h5-11H,4H2,1-3H3,(H,23,25). The summed E-state index contributed by atoms with van der Waals surface area (Å²) in [6.45, 7) is 1.98. The molecule has 1 heterocycles. The van der Waals surface area contributed by atoms with Gasteiger partial charge in [-0.15, -0.1) is 0 Å². The molecule has 0 atom stereocenters. The van der Waals surface area contributed by atoms with Gasteiger partial charge in [0.15, 0.2) is 11.5 Å². The number of hydrazine groups is 1. The molecular weight excluding hydrogens is 456 g/mol. The Morgan fingerprint density at radius 3 is 2.33 bits per heavy atom. The number of anilines is 1. The number of amides is 2. The molecular formula is C21H19BrN2O6. The number of ether oxygens (including phenoxy) is 3. The van der Waals surface area contributed by atoms with Crippen LogP contribution in [-0.4, -0.2) is 38.6 Å². The third-order valence-electron chi connectivity index (χ3n) is 4.33. The second-order valence-electron chi connectivity index (χ2n) is 6.14. The van der Waals surface area contributed by atoms with Crippen molar-refractivity contribution >= 4 is 45.5 Å². The molecule has 30 heavy (non-hydrogen) atoms. The second kappa shape index (κ2) is 9.00. The van der Waals surface area contributed by atoms with Crippen LogP contribution in [0, 0.1) is 0 Å². The summed E-state index contributed by atoms with van der Waals surface area (Å²) in [5, 5.41) is 1.12. The van der Waals surface area contributed by atoms with E-state index in [-0.39, 0.29) is 12.2 Å². The minimum absolute atomic E-state index is 0.0441. The third kappa shape index (κ3) is 4.16. The van der Waals surface area contributed by atoms with Gasteiger partial charge >= 0.3 is 5.97 Å². The number of nitrogens with one attached hydrogen (secondary N) is 1. The van der Waals surface area contributed by atoms with Gasteiger partial charge in [-0.1, -0.05) is 15.9 Å². The molecule has 1 N–H and O–H groups in total. The van der Waals surface area contributed by atoms with Crippen LogP contribution in [0.4, 0.5) is 5.69 Å². The highest BCUT2D eigenvalue weighted by atomic mass is 79.9. The molecule has 0 radical (unpaired) electrons. The summed E-state index contributed by atoms with van der Waals surface area (Å²) < 4.78 is 16.1. The van der Waals surface area contributed by atoms with Crippen molar-refractivity contribution in [3.8, 4) is 11.5 Å². The molecule has 0 bridgehead atoms. The third-order valence-corrected chi connectivity index (χ3v) is 5.02. The Hall–Kier alpha value is -3.33. The molecule has 2 amide bonds. The maximum atomic E-state index is 12.8. The highest BCUT2D eigenvalue weighted by Gasteiger charge is 2.34. The quantitative estimate of drug-likeness (QED) is 0.392. The number of methoxy groups -OCH3 is 2. The molecule has 3 rings (SSSR count). The Balaban J connectivity index is 1.89. The maximum absolute atomic E-state index is 12.8. The van der Waals surface area contributed by atoms with E-state index in [0.717, 1.165) is 5.01 Å². The van der Waals surface area contributed by atoms with Gasteiger partial charge in [-0.25, -0.2) is 9.80 Å². The molecule has 0 spiro atoms. The zero-order valence-corrected chi connectivity index (χ0v) is 18.1. The fourth-order valence-corrected chi connectivity index (χ4v) is 3.27. The smallest absolute Gasteiger partial charge is 0.338 e. The van der Waals surface area contributed by atoms with Crippen molar-refractivity contribution in [2.75, 3.05) is 25.8 Å². The van der Waals surface area contributed by atoms with Gasteiger partial charge < -0.3 is 14.2 Å². The van der Waals surface area contributed by atoms with Crippen LogP contribution in [-0.2, 0) is 14.3 Å². The molecule has 1 aliphatic rings. The summed E-state index contributed by atoms with van der Waals surface area (Å²) in [7, 11) is 3.01. The van der Waals surface area contributed by atoms with Crippen molar-refractivity contribution < 1.29 is 28.6 Å². The first kappa shape index (κ1) is 21.4. The molecule has 0 aromatic heterocycles. The van der Waals surface area contributed by atoms with E-state index in [1.165, 1.54) is 32.4 Å². The van der Waals surface area contributed by atoms with E-state index in [0.29, 0.717) is 32.8 Å². The van der Waals surface area contributed by atoms with Gasteiger partial charge in [0.2, 0.25) is 0 Å². The van der Waals surface area contributed by atoms with E-state index in [1.807, 2.05) is 0 Å². The van der Waals surface area contributed by atoms with Crippen molar-refractivity contribution in [1.29, 1.82) is 0 Å². The van der Waals surface area contributed by atoms with Gasteiger partial charge in [-0.2, -0.15) is 0 Å². The van der Waals surface area contributed by atoms with Gasteiger partial charge in [0.25, 0.3) is 11.8 Å². The lowest BCUT2D eigenvalue weighted by atomic mass is 10.1. The predicted octanol–water partition coefficient (Wildman–Crippen LogP) is 3.10. The second-order valence-corrected chi connectivity index (χ2v) is 6.99. The number of esters is 1. The van der Waals surface area contributed by atoms with E-state index < -0.39 is 17.8 Å². The van der Waals surface area contributed by atoms with Crippen LogP contribution < -0.4 is 19.9 Å². The summed E-state index contributed by atoms with van der Waals surface area (Å²) in [6, 6.07) is 9.51. The van der Waals surface area contributed by atoms with E-state index >= 15 is 0 Å².